The van der Waals surface area contributed by atoms with Crippen molar-refractivity contribution in [1.82, 2.24) is 19.5 Å². The van der Waals surface area contributed by atoms with E-state index >= 15 is 0 Å². The van der Waals surface area contributed by atoms with Crippen molar-refractivity contribution < 1.29 is 18.4 Å². The van der Waals surface area contributed by atoms with Gasteiger partial charge < -0.3 is 10.6 Å². The largest absolute Gasteiger partial charge is 0.325 e. The van der Waals surface area contributed by atoms with E-state index in [9.17, 15) is 18.4 Å². The summed E-state index contributed by atoms with van der Waals surface area (Å²) in [5.41, 5.74) is 2.20. The van der Waals surface area contributed by atoms with Gasteiger partial charge in [-0.1, -0.05) is 19.1 Å². The SMILES string of the molecule is C\C=C(/C=C(C)\C(=C/C)Nc1nccn1-c1cc(NC(=O)C2CC2(F)F)ncn1)C(=O)CC. The van der Waals surface area contributed by atoms with E-state index in [-0.39, 0.29) is 11.6 Å². The third-order valence-corrected chi connectivity index (χ3v) is 5.22. The Morgan fingerprint density at radius 1 is 1.21 bits per heavy atom. The summed E-state index contributed by atoms with van der Waals surface area (Å²) in [7, 11) is 0. The molecule has 0 radical (unpaired) electrons. The Labute approximate surface area is 190 Å². The topological polar surface area (TPSA) is 102 Å². The number of rotatable bonds is 9. The zero-order valence-electron chi connectivity index (χ0n) is 18.9. The molecule has 3 rings (SSSR count). The van der Waals surface area contributed by atoms with Gasteiger partial charge in [0.2, 0.25) is 11.9 Å². The van der Waals surface area contributed by atoms with Gasteiger partial charge in [0.15, 0.2) is 5.78 Å². The smallest absolute Gasteiger partial charge is 0.260 e. The first-order valence-electron chi connectivity index (χ1n) is 10.6. The Kier molecular flexibility index (Phi) is 7.15. The van der Waals surface area contributed by atoms with Crippen molar-refractivity contribution in [3.63, 3.8) is 0 Å². The average Bonchev–Trinajstić information content (AvgIpc) is 3.21. The monoisotopic (exact) mass is 456 g/mol. The van der Waals surface area contributed by atoms with Gasteiger partial charge in [0, 0.05) is 42.6 Å². The minimum Gasteiger partial charge on any atom is -0.325 e. The summed E-state index contributed by atoms with van der Waals surface area (Å²) in [6.07, 6.45) is 9.87. The molecule has 0 aromatic carbocycles. The number of carbonyl (C=O) groups excluding carboxylic acids is 2. The Bertz CT molecular complexity index is 1150. The van der Waals surface area contributed by atoms with Crippen LogP contribution in [0.3, 0.4) is 0 Å². The van der Waals surface area contributed by atoms with Gasteiger partial charge in [0.05, 0.1) is 0 Å². The van der Waals surface area contributed by atoms with E-state index in [0.717, 1.165) is 11.3 Å². The number of halogens is 2. The van der Waals surface area contributed by atoms with Crippen LogP contribution in [0, 0.1) is 5.92 Å². The van der Waals surface area contributed by atoms with Crippen LogP contribution in [0.25, 0.3) is 5.82 Å². The first kappa shape index (κ1) is 24.0. The van der Waals surface area contributed by atoms with Crippen molar-refractivity contribution in [3.05, 3.63) is 59.9 Å². The Balaban J connectivity index is 1.79. The molecule has 0 saturated heterocycles. The van der Waals surface area contributed by atoms with Gasteiger partial charge in [-0.05, 0) is 32.4 Å². The molecular formula is C23H26F2N6O2. The molecule has 10 heteroatoms. The van der Waals surface area contributed by atoms with Crippen LogP contribution in [0.1, 0.15) is 40.5 Å². The van der Waals surface area contributed by atoms with E-state index in [1.54, 1.807) is 23.0 Å². The van der Waals surface area contributed by atoms with E-state index in [4.69, 9.17) is 0 Å². The highest BCUT2D eigenvalue weighted by atomic mass is 19.3. The molecule has 1 aliphatic carbocycles. The van der Waals surface area contributed by atoms with Gasteiger partial charge in [-0.2, -0.15) is 0 Å². The number of Topliss-reactive ketones (excluding diaryl/α,β-unsaturated/α-hetero) is 1. The lowest BCUT2D eigenvalue weighted by atomic mass is 10.0. The Hall–Kier alpha value is -3.69. The molecule has 2 aromatic heterocycles. The molecule has 174 valence electrons. The molecule has 0 bridgehead atoms. The first-order valence-corrected chi connectivity index (χ1v) is 10.6. The summed E-state index contributed by atoms with van der Waals surface area (Å²) in [4.78, 5) is 36.5. The second-order valence-corrected chi connectivity index (χ2v) is 7.56. The molecule has 2 heterocycles. The quantitative estimate of drug-likeness (QED) is 0.427. The maximum absolute atomic E-state index is 13.1. The molecule has 1 aliphatic rings. The number of nitrogens with one attached hydrogen (secondary N) is 2. The number of anilines is 2. The number of alkyl halides is 2. The van der Waals surface area contributed by atoms with Crippen LogP contribution in [-0.4, -0.2) is 37.1 Å². The van der Waals surface area contributed by atoms with Crippen LogP contribution < -0.4 is 10.6 Å². The lowest BCUT2D eigenvalue weighted by Crippen LogP contribution is -2.18. The van der Waals surface area contributed by atoms with Crippen molar-refractivity contribution in [3.8, 4) is 5.82 Å². The normalized spacial score (nSPS) is 18.1. The van der Waals surface area contributed by atoms with Crippen molar-refractivity contribution >= 4 is 23.5 Å². The predicted molar refractivity (Wildman–Crippen MR) is 121 cm³/mol. The molecule has 1 amide bonds. The highest BCUT2D eigenvalue weighted by molar-refractivity contribution is 5.98. The van der Waals surface area contributed by atoms with Crippen molar-refractivity contribution in [2.45, 2.75) is 46.5 Å². The number of allylic oxidation sites excluding steroid dienone is 5. The zero-order valence-corrected chi connectivity index (χ0v) is 18.9. The average molecular weight is 456 g/mol. The minimum absolute atomic E-state index is 0.0494. The molecule has 0 aliphatic heterocycles. The van der Waals surface area contributed by atoms with Crippen LogP contribution in [0.2, 0.25) is 0 Å². The number of ketones is 1. The Morgan fingerprint density at radius 3 is 2.55 bits per heavy atom. The van der Waals surface area contributed by atoms with Crippen LogP contribution >= 0.6 is 0 Å². The summed E-state index contributed by atoms with van der Waals surface area (Å²) < 4.78 is 27.9. The Morgan fingerprint density at radius 2 is 1.94 bits per heavy atom. The third-order valence-electron chi connectivity index (χ3n) is 5.22. The van der Waals surface area contributed by atoms with Gasteiger partial charge in [0.25, 0.3) is 5.92 Å². The van der Waals surface area contributed by atoms with Crippen LogP contribution in [0.4, 0.5) is 20.5 Å². The number of hydrogen-bond acceptors (Lipinski definition) is 6. The number of amides is 1. The lowest BCUT2D eigenvalue weighted by molar-refractivity contribution is -0.119. The fourth-order valence-electron chi connectivity index (χ4n) is 3.20. The number of imidazole rings is 1. The van der Waals surface area contributed by atoms with Crippen LogP contribution in [0.5, 0.6) is 0 Å². The number of aromatic nitrogens is 4. The van der Waals surface area contributed by atoms with Crippen molar-refractivity contribution in [2.24, 2.45) is 5.92 Å². The molecule has 1 unspecified atom stereocenters. The molecule has 33 heavy (non-hydrogen) atoms. The van der Waals surface area contributed by atoms with Crippen LogP contribution in [0.15, 0.2) is 59.9 Å². The lowest BCUT2D eigenvalue weighted by Gasteiger charge is -2.14. The summed E-state index contributed by atoms with van der Waals surface area (Å²) in [6, 6.07) is 1.47. The summed E-state index contributed by atoms with van der Waals surface area (Å²) in [6.45, 7) is 7.37. The van der Waals surface area contributed by atoms with E-state index in [0.29, 0.717) is 23.8 Å². The molecule has 1 fully saturated rings. The second kappa shape index (κ2) is 9.85. The summed E-state index contributed by atoms with van der Waals surface area (Å²) >= 11 is 0. The van der Waals surface area contributed by atoms with Crippen molar-refractivity contribution in [2.75, 3.05) is 10.6 Å². The van der Waals surface area contributed by atoms with Gasteiger partial charge in [-0.3, -0.25) is 14.2 Å². The fraction of sp³-hybridized carbons (Fsp3) is 0.348. The fourth-order valence-corrected chi connectivity index (χ4v) is 3.20. The van der Waals surface area contributed by atoms with Gasteiger partial charge in [0.1, 0.15) is 23.9 Å². The van der Waals surface area contributed by atoms with Gasteiger partial charge in [-0.25, -0.2) is 23.7 Å². The molecule has 2 N–H and O–H groups in total. The zero-order chi connectivity index (χ0) is 24.2. The van der Waals surface area contributed by atoms with Crippen molar-refractivity contribution in [1.29, 1.82) is 0 Å². The van der Waals surface area contributed by atoms with Gasteiger partial charge in [-0.15, -0.1) is 0 Å². The third kappa shape index (κ3) is 5.57. The highest BCUT2D eigenvalue weighted by Gasteiger charge is 2.61. The van der Waals surface area contributed by atoms with E-state index in [1.165, 1.54) is 12.4 Å². The highest BCUT2D eigenvalue weighted by Crippen LogP contribution is 2.49. The molecule has 0 spiro atoms. The van der Waals surface area contributed by atoms with E-state index < -0.39 is 24.2 Å². The molecule has 1 atom stereocenters. The molecule has 1 saturated carbocycles. The molecule has 2 aromatic rings. The second-order valence-electron chi connectivity index (χ2n) is 7.56. The standard InChI is InChI=1S/C23H26F2N6O2/c1-5-15(18(32)7-3)10-14(4)17(6-2)29-22-26-8-9-31(22)20-11-19(27-13-28-20)30-21(33)16-12-23(16,24)25/h5-6,8-11,13,16H,7,12H2,1-4H3,(H,26,29)(H,27,28,30,33)/b14-10-,15-5+,17-6+. The molecule has 8 nitrogen and oxygen atoms in total. The number of hydrogen-bond donors (Lipinski definition) is 2. The molecular weight excluding hydrogens is 430 g/mol. The number of nitrogens with zero attached hydrogens (tertiary/aromatic N) is 4. The predicted octanol–water partition coefficient (Wildman–Crippen LogP) is 4.44. The van der Waals surface area contributed by atoms with E-state index in [1.807, 2.05) is 39.8 Å². The number of carbonyl (C=O) groups is 2. The summed E-state index contributed by atoms with van der Waals surface area (Å²) in [5.74, 6) is -4.06. The summed E-state index contributed by atoms with van der Waals surface area (Å²) in [5, 5.41) is 5.63. The maximum atomic E-state index is 13.1. The van der Waals surface area contributed by atoms with Crippen LogP contribution in [-0.2, 0) is 9.59 Å². The minimum atomic E-state index is -2.95. The van der Waals surface area contributed by atoms with E-state index in [2.05, 4.69) is 25.6 Å². The maximum Gasteiger partial charge on any atom is 0.260 e. The first-order chi connectivity index (χ1) is 15.7. The van der Waals surface area contributed by atoms with Gasteiger partial charge >= 0.3 is 0 Å².